The number of nitrogens with one attached hydrogen (secondary N) is 1. The van der Waals surface area contributed by atoms with Crippen LogP contribution in [0.15, 0.2) is 53.8 Å². The Balaban J connectivity index is 1.59. The van der Waals surface area contributed by atoms with E-state index in [4.69, 9.17) is 32.5 Å². The summed E-state index contributed by atoms with van der Waals surface area (Å²) in [5.74, 6) is 0.0759. The number of rotatable bonds is 9. The lowest BCUT2D eigenvalue weighted by Gasteiger charge is -2.28. The van der Waals surface area contributed by atoms with Gasteiger partial charge in [-0.2, -0.15) is 5.10 Å². The second-order valence-electron chi connectivity index (χ2n) is 10.5. The summed E-state index contributed by atoms with van der Waals surface area (Å²) < 4.78 is 31.6. The Hall–Kier alpha value is -4.35. The molecule has 0 atom stereocenters. The molecule has 12 heteroatoms. The molecule has 0 radical (unpaired) electrons. The highest BCUT2D eigenvalue weighted by Crippen LogP contribution is 2.38. The zero-order valence-electron chi connectivity index (χ0n) is 24.2. The zero-order valence-corrected chi connectivity index (χ0v) is 25.0. The van der Waals surface area contributed by atoms with Gasteiger partial charge in [0, 0.05) is 29.9 Å². The Labute approximate surface area is 253 Å². The van der Waals surface area contributed by atoms with Crippen LogP contribution in [0.3, 0.4) is 0 Å². The topological polar surface area (TPSA) is 138 Å². The Bertz CT molecular complexity index is 1680. The molecule has 226 valence electrons. The predicted octanol–water partition coefficient (Wildman–Crippen LogP) is 5.38. The highest BCUT2D eigenvalue weighted by molar-refractivity contribution is 6.33. The minimum absolute atomic E-state index is 0.144. The molecule has 5 N–H and O–H groups in total. The molecule has 0 amide bonds. The van der Waals surface area contributed by atoms with Gasteiger partial charge in [0.25, 0.3) is 0 Å². The van der Waals surface area contributed by atoms with Crippen molar-refractivity contribution in [2.75, 3.05) is 26.1 Å². The van der Waals surface area contributed by atoms with Gasteiger partial charge in [0.2, 0.25) is 0 Å². The molecule has 1 aliphatic carbocycles. The molecule has 2 heterocycles. The molecule has 0 bridgehead atoms. The summed E-state index contributed by atoms with van der Waals surface area (Å²) in [5, 5.41) is 8.58. The molecule has 5 rings (SSSR count). The fourth-order valence-corrected chi connectivity index (χ4v) is 5.38. The highest BCUT2D eigenvalue weighted by atomic mass is 35.5. The summed E-state index contributed by atoms with van der Waals surface area (Å²) in [6.07, 6.45) is 7.17. The van der Waals surface area contributed by atoms with Gasteiger partial charge in [0.1, 0.15) is 11.7 Å². The van der Waals surface area contributed by atoms with E-state index in [0.29, 0.717) is 17.1 Å². The molecule has 1 fully saturated rings. The molecular weight excluding hydrogens is 575 g/mol. The van der Waals surface area contributed by atoms with Crippen molar-refractivity contribution in [1.82, 2.24) is 9.61 Å². The van der Waals surface area contributed by atoms with E-state index in [-0.39, 0.29) is 35.2 Å². The fourth-order valence-electron chi connectivity index (χ4n) is 5.22. The van der Waals surface area contributed by atoms with E-state index in [2.05, 4.69) is 20.1 Å². The van der Waals surface area contributed by atoms with Crippen molar-refractivity contribution >= 4 is 40.3 Å². The minimum atomic E-state index is -0.494. The van der Waals surface area contributed by atoms with Crippen LogP contribution >= 0.6 is 11.6 Å². The second-order valence-corrected chi connectivity index (χ2v) is 10.9. The maximum atomic E-state index is 14.0. The van der Waals surface area contributed by atoms with Crippen molar-refractivity contribution in [3.8, 4) is 22.6 Å². The van der Waals surface area contributed by atoms with Crippen LogP contribution in [0.25, 0.3) is 16.6 Å². The van der Waals surface area contributed by atoms with Crippen LogP contribution < -0.4 is 26.3 Å². The van der Waals surface area contributed by atoms with Crippen LogP contribution in [-0.4, -0.2) is 54.3 Å². The third-order valence-corrected chi connectivity index (χ3v) is 7.90. The van der Waals surface area contributed by atoms with Crippen molar-refractivity contribution in [3.63, 3.8) is 0 Å². The molecule has 10 nitrogen and oxygen atoms in total. The number of aliphatic imine (C=N–C) groups is 1. The smallest absolute Gasteiger partial charge is 0.343 e. The van der Waals surface area contributed by atoms with Gasteiger partial charge >= 0.3 is 5.97 Å². The largest absolute Gasteiger partial charge is 0.493 e. The Morgan fingerprint density at radius 2 is 1.93 bits per heavy atom. The molecule has 0 unspecified atom stereocenters. The molecule has 0 aliphatic heterocycles. The predicted molar refractivity (Wildman–Crippen MR) is 165 cm³/mol. The number of hydrogen-bond donors (Lipinski definition) is 3. The first-order chi connectivity index (χ1) is 20.7. The number of carbonyl (C=O) groups is 1. The molecule has 0 spiro atoms. The number of anilines is 1. The molecule has 0 saturated heterocycles. The van der Waals surface area contributed by atoms with Crippen LogP contribution in [-0.2, 0) is 9.53 Å². The van der Waals surface area contributed by atoms with Gasteiger partial charge in [-0.15, -0.1) is 0 Å². The maximum absolute atomic E-state index is 14.0. The van der Waals surface area contributed by atoms with Crippen molar-refractivity contribution in [2.24, 2.45) is 16.5 Å². The summed E-state index contributed by atoms with van der Waals surface area (Å²) in [5.41, 5.74) is 17.6. The number of ether oxygens (including phenoxy) is 3. The lowest BCUT2D eigenvalue weighted by atomic mass is 9.91. The van der Waals surface area contributed by atoms with Crippen LogP contribution in [0.5, 0.6) is 11.5 Å². The first-order valence-electron chi connectivity index (χ1n) is 13.9. The normalized spacial score (nSPS) is 17.1. The van der Waals surface area contributed by atoms with Crippen LogP contribution in [0.1, 0.15) is 36.8 Å². The first kappa shape index (κ1) is 30.1. The molecule has 1 aliphatic rings. The van der Waals surface area contributed by atoms with Crippen molar-refractivity contribution in [1.29, 1.82) is 0 Å². The van der Waals surface area contributed by atoms with E-state index in [0.717, 1.165) is 53.6 Å². The molecule has 43 heavy (non-hydrogen) atoms. The number of nitrogens with zero attached hydrogens (tertiary/aromatic N) is 3. The minimum Gasteiger partial charge on any atom is -0.493 e. The van der Waals surface area contributed by atoms with Gasteiger partial charge in [-0.05, 0) is 74.1 Å². The van der Waals surface area contributed by atoms with E-state index in [1.165, 1.54) is 32.4 Å². The Kier molecular flexibility index (Phi) is 9.02. The van der Waals surface area contributed by atoms with Crippen LogP contribution in [0.2, 0.25) is 5.02 Å². The Morgan fingerprint density at radius 1 is 1.16 bits per heavy atom. The summed E-state index contributed by atoms with van der Waals surface area (Å²) in [7, 11) is 2.84. The number of nitrogens with two attached hydrogens (primary N) is 2. The lowest BCUT2D eigenvalue weighted by molar-refractivity contribution is -0.142. The quantitative estimate of drug-likeness (QED) is 0.131. The van der Waals surface area contributed by atoms with Gasteiger partial charge in [-0.1, -0.05) is 11.6 Å². The van der Waals surface area contributed by atoms with Gasteiger partial charge in [0.05, 0.1) is 47.9 Å². The molecule has 2 aromatic heterocycles. The van der Waals surface area contributed by atoms with Gasteiger partial charge < -0.3 is 31.0 Å². The highest BCUT2D eigenvalue weighted by Gasteiger charge is 2.23. The molecular formula is C31H34ClFN6O4. The summed E-state index contributed by atoms with van der Waals surface area (Å²) >= 11 is 6.28. The van der Waals surface area contributed by atoms with E-state index >= 15 is 0 Å². The molecule has 1 saturated carbocycles. The summed E-state index contributed by atoms with van der Waals surface area (Å²) in [6, 6.07) is 9.98. The first-order valence-corrected chi connectivity index (χ1v) is 14.3. The number of methoxy groups -OCH3 is 2. The fraction of sp³-hybridized carbons (Fsp3) is 0.323. The number of hydrogen-bond acceptors (Lipinski definition) is 8. The zero-order chi connectivity index (χ0) is 30.7. The molecule has 2 aromatic carbocycles. The number of aryl methyl sites for hydroxylation is 1. The third kappa shape index (κ3) is 6.68. The van der Waals surface area contributed by atoms with E-state index in [9.17, 15) is 9.18 Å². The second kappa shape index (κ2) is 12.9. The Morgan fingerprint density at radius 3 is 2.65 bits per heavy atom. The number of amidine groups is 1. The number of benzene rings is 2. The average Bonchev–Trinajstić information content (AvgIpc) is 3.43. The maximum Gasteiger partial charge on any atom is 0.343 e. The number of carbonyl (C=O) groups excluding carboxylic acids is 1. The van der Waals surface area contributed by atoms with E-state index in [1.54, 1.807) is 10.7 Å². The van der Waals surface area contributed by atoms with Gasteiger partial charge in [-0.25, -0.2) is 18.7 Å². The van der Waals surface area contributed by atoms with Crippen molar-refractivity contribution < 1.29 is 23.4 Å². The average molecular weight is 609 g/mol. The summed E-state index contributed by atoms with van der Waals surface area (Å²) in [4.78, 5) is 16.1. The van der Waals surface area contributed by atoms with Crippen LogP contribution in [0, 0.1) is 12.7 Å². The van der Waals surface area contributed by atoms with Crippen molar-refractivity contribution in [2.45, 2.75) is 44.7 Å². The summed E-state index contributed by atoms with van der Waals surface area (Å²) in [6.45, 7) is 1.71. The van der Waals surface area contributed by atoms with E-state index < -0.39 is 11.8 Å². The monoisotopic (exact) mass is 608 g/mol. The number of fused-ring (bicyclic) bond motifs is 1. The van der Waals surface area contributed by atoms with Crippen LogP contribution in [0.4, 0.5) is 15.8 Å². The number of esters is 1. The number of halogens is 2. The number of aromatic nitrogens is 2. The standard InChI is InChI=1S/C31H34ClFN6O4/c1-17-10-28(43-16-29(40)42-3)27(41-2)13-22(17)18-11-26-30(37-21-7-5-20(34)6-8-21)23(14-36-39(26)15-18)31(35)38-25-12-19(33)4-9-24(25)32/h4,9-15,20-21,37H,5-8,16,34H2,1-3H3,(H2,35,38). The van der Waals surface area contributed by atoms with Crippen molar-refractivity contribution in [3.05, 3.63) is 70.8 Å². The van der Waals surface area contributed by atoms with E-state index in [1.807, 2.05) is 31.3 Å². The van der Waals surface area contributed by atoms with Gasteiger partial charge in [-0.3, -0.25) is 0 Å². The lowest BCUT2D eigenvalue weighted by Crippen LogP contribution is -2.33. The molecule has 4 aromatic rings. The third-order valence-electron chi connectivity index (χ3n) is 7.58. The van der Waals surface area contributed by atoms with Gasteiger partial charge in [0.15, 0.2) is 18.1 Å². The SMILES string of the molecule is COC(=O)COc1cc(C)c(-c2cc3c(NC4CCC(N)CC4)c(C(N)=Nc4cc(F)ccc4Cl)cnn3c2)cc1OC.